The van der Waals surface area contributed by atoms with Crippen LogP contribution < -0.4 is 4.72 Å². The summed E-state index contributed by atoms with van der Waals surface area (Å²) >= 11 is 0. The van der Waals surface area contributed by atoms with Gasteiger partial charge in [-0.1, -0.05) is 36.4 Å². The number of hydrogen-bond donors (Lipinski definition) is 1. The first kappa shape index (κ1) is 17.0. The Hall–Kier alpha value is -2.34. The van der Waals surface area contributed by atoms with Crippen LogP contribution in [0.25, 0.3) is 0 Å². The van der Waals surface area contributed by atoms with Crippen molar-refractivity contribution < 1.29 is 13.2 Å². The third-order valence-corrected chi connectivity index (χ3v) is 4.20. The van der Waals surface area contributed by atoms with Crippen molar-refractivity contribution in [3.63, 3.8) is 0 Å². The van der Waals surface area contributed by atoms with Crippen LogP contribution in [0.4, 0.5) is 5.69 Å². The average molecular weight is 332 g/mol. The Balaban J connectivity index is 2.21. The molecule has 2 rings (SSSR count). The van der Waals surface area contributed by atoms with Gasteiger partial charge in [0.05, 0.1) is 12.3 Å². The molecule has 1 N–H and O–H groups in total. The molecule has 0 fully saturated rings. The van der Waals surface area contributed by atoms with Gasteiger partial charge in [0.15, 0.2) is 0 Å². The highest BCUT2D eigenvalue weighted by Crippen LogP contribution is 2.21. The van der Waals surface area contributed by atoms with E-state index in [1.165, 1.54) is 6.07 Å². The summed E-state index contributed by atoms with van der Waals surface area (Å²) in [7, 11) is -1.64. The minimum absolute atomic E-state index is 0.0878. The van der Waals surface area contributed by atoms with Crippen molar-refractivity contribution in [3.05, 3.63) is 65.7 Å². The molecule has 0 spiro atoms. The lowest BCUT2D eigenvalue weighted by Gasteiger charge is -2.25. The number of carbonyl (C=O) groups is 1. The Bertz CT molecular complexity index is 788. The van der Waals surface area contributed by atoms with E-state index in [0.717, 1.165) is 11.8 Å². The van der Waals surface area contributed by atoms with Crippen LogP contribution in [-0.2, 0) is 10.0 Å². The van der Waals surface area contributed by atoms with Gasteiger partial charge in [-0.3, -0.25) is 9.52 Å². The molecule has 0 aliphatic carbocycles. The van der Waals surface area contributed by atoms with Gasteiger partial charge in [-0.25, -0.2) is 8.42 Å². The van der Waals surface area contributed by atoms with Gasteiger partial charge in [0.1, 0.15) is 0 Å². The topological polar surface area (TPSA) is 66.5 Å². The Morgan fingerprint density at radius 1 is 1.09 bits per heavy atom. The van der Waals surface area contributed by atoms with Crippen molar-refractivity contribution in [1.82, 2.24) is 4.90 Å². The van der Waals surface area contributed by atoms with Crippen LogP contribution in [0.3, 0.4) is 0 Å². The summed E-state index contributed by atoms with van der Waals surface area (Å²) in [6.07, 6.45) is 1.07. The number of rotatable bonds is 5. The molecule has 0 unspecified atom stereocenters. The number of anilines is 1. The first-order chi connectivity index (χ1) is 10.8. The molecule has 2 aromatic rings. The van der Waals surface area contributed by atoms with E-state index >= 15 is 0 Å². The Morgan fingerprint density at radius 3 is 2.35 bits per heavy atom. The summed E-state index contributed by atoms with van der Waals surface area (Å²) < 4.78 is 25.0. The number of benzene rings is 2. The van der Waals surface area contributed by atoms with Crippen LogP contribution in [0, 0.1) is 0 Å². The summed E-state index contributed by atoms with van der Waals surface area (Å²) in [4.78, 5) is 14.3. The summed E-state index contributed by atoms with van der Waals surface area (Å²) in [5.41, 5.74) is 1.84. The van der Waals surface area contributed by atoms with Crippen LogP contribution in [0.5, 0.6) is 0 Å². The summed E-state index contributed by atoms with van der Waals surface area (Å²) in [5, 5.41) is 0. The number of amides is 1. The zero-order valence-corrected chi connectivity index (χ0v) is 14.2. The molecular weight excluding hydrogens is 312 g/mol. The van der Waals surface area contributed by atoms with Crippen LogP contribution in [-0.4, -0.2) is 32.5 Å². The molecule has 0 aliphatic heterocycles. The van der Waals surface area contributed by atoms with E-state index in [0.29, 0.717) is 11.3 Å². The fourth-order valence-corrected chi connectivity index (χ4v) is 2.82. The van der Waals surface area contributed by atoms with Crippen LogP contribution in [0.2, 0.25) is 0 Å². The van der Waals surface area contributed by atoms with E-state index in [-0.39, 0.29) is 11.9 Å². The maximum absolute atomic E-state index is 12.6. The Morgan fingerprint density at radius 2 is 1.74 bits per heavy atom. The highest BCUT2D eigenvalue weighted by Gasteiger charge is 2.19. The summed E-state index contributed by atoms with van der Waals surface area (Å²) in [6, 6.07) is 16.1. The standard InChI is InChI=1S/C17H20N2O3S/c1-13(14-8-5-4-6-9-14)19(2)17(20)15-10-7-11-16(12-15)18-23(3,21)22/h4-13,18H,1-3H3/t13-/m0/s1. The van der Waals surface area contributed by atoms with Crippen LogP contribution in [0.15, 0.2) is 54.6 Å². The zero-order chi connectivity index (χ0) is 17.0. The fraction of sp³-hybridized carbons (Fsp3) is 0.235. The average Bonchev–Trinajstić information content (AvgIpc) is 2.52. The minimum Gasteiger partial charge on any atom is -0.335 e. The molecule has 1 atom stereocenters. The molecule has 0 saturated heterocycles. The quantitative estimate of drug-likeness (QED) is 0.915. The SMILES string of the molecule is C[C@@H](c1ccccc1)N(C)C(=O)c1cccc(NS(C)(=O)=O)c1. The smallest absolute Gasteiger partial charge is 0.254 e. The lowest BCUT2D eigenvalue weighted by Crippen LogP contribution is -2.29. The van der Waals surface area contributed by atoms with Crippen molar-refractivity contribution in [3.8, 4) is 0 Å². The van der Waals surface area contributed by atoms with Gasteiger partial charge in [0, 0.05) is 18.3 Å². The second-order valence-corrected chi connectivity index (χ2v) is 7.21. The fourth-order valence-electron chi connectivity index (χ4n) is 2.26. The third kappa shape index (κ3) is 4.56. The molecule has 0 heterocycles. The maximum Gasteiger partial charge on any atom is 0.254 e. The molecule has 0 aliphatic rings. The lowest BCUT2D eigenvalue weighted by atomic mass is 10.1. The van der Waals surface area contributed by atoms with Gasteiger partial charge in [-0.2, -0.15) is 0 Å². The van der Waals surface area contributed by atoms with Crippen molar-refractivity contribution in [2.24, 2.45) is 0 Å². The largest absolute Gasteiger partial charge is 0.335 e. The van der Waals surface area contributed by atoms with E-state index in [4.69, 9.17) is 0 Å². The summed E-state index contributed by atoms with van der Waals surface area (Å²) in [5.74, 6) is -0.168. The van der Waals surface area contributed by atoms with Crippen molar-refractivity contribution in [1.29, 1.82) is 0 Å². The van der Waals surface area contributed by atoms with Crippen molar-refractivity contribution in [2.45, 2.75) is 13.0 Å². The predicted octanol–water partition coefficient (Wildman–Crippen LogP) is 2.89. The second-order valence-electron chi connectivity index (χ2n) is 5.46. The van der Waals surface area contributed by atoms with Gasteiger partial charge in [0.2, 0.25) is 10.0 Å². The van der Waals surface area contributed by atoms with Gasteiger partial charge in [-0.15, -0.1) is 0 Å². The van der Waals surface area contributed by atoms with E-state index in [2.05, 4.69) is 4.72 Å². The Labute approximate surface area is 137 Å². The van der Waals surface area contributed by atoms with Gasteiger partial charge >= 0.3 is 0 Å². The molecular formula is C17H20N2O3S. The number of sulfonamides is 1. The van der Waals surface area contributed by atoms with Gasteiger partial charge in [0.25, 0.3) is 5.91 Å². The van der Waals surface area contributed by atoms with Crippen molar-refractivity contribution >= 4 is 21.6 Å². The number of nitrogens with one attached hydrogen (secondary N) is 1. The predicted molar refractivity (Wildman–Crippen MR) is 91.9 cm³/mol. The molecule has 0 radical (unpaired) electrons. The normalized spacial score (nSPS) is 12.5. The lowest BCUT2D eigenvalue weighted by molar-refractivity contribution is 0.0742. The minimum atomic E-state index is -3.37. The van der Waals surface area contributed by atoms with Gasteiger partial charge < -0.3 is 4.90 Å². The molecule has 2 aromatic carbocycles. The maximum atomic E-state index is 12.6. The monoisotopic (exact) mass is 332 g/mol. The molecule has 23 heavy (non-hydrogen) atoms. The molecule has 0 aromatic heterocycles. The zero-order valence-electron chi connectivity index (χ0n) is 13.4. The van der Waals surface area contributed by atoms with E-state index in [1.54, 1.807) is 30.1 Å². The summed E-state index contributed by atoms with van der Waals surface area (Å²) in [6.45, 7) is 1.95. The van der Waals surface area contributed by atoms with Crippen LogP contribution in [0.1, 0.15) is 28.9 Å². The van der Waals surface area contributed by atoms with Crippen molar-refractivity contribution in [2.75, 3.05) is 18.0 Å². The van der Waals surface area contributed by atoms with E-state index < -0.39 is 10.0 Å². The highest BCUT2D eigenvalue weighted by atomic mass is 32.2. The highest BCUT2D eigenvalue weighted by molar-refractivity contribution is 7.92. The third-order valence-electron chi connectivity index (χ3n) is 3.60. The van der Waals surface area contributed by atoms with Gasteiger partial charge in [-0.05, 0) is 30.7 Å². The number of carbonyl (C=O) groups excluding carboxylic acids is 1. The molecule has 0 bridgehead atoms. The van der Waals surface area contributed by atoms with E-state index in [1.807, 2.05) is 37.3 Å². The first-order valence-electron chi connectivity index (χ1n) is 7.18. The molecule has 1 amide bonds. The molecule has 6 heteroatoms. The van der Waals surface area contributed by atoms with Crippen LogP contribution >= 0.6 is 0 Å². The first-order valence-corrected chi connectivity index (χ1v) is 9.07. The van der Waals surface area contributed by atoms with E-state index in [9.17, 15) is 13.2 Å². The molecule has 0 saturated carbocycles. The second kappa shape index (κ2) is 6.83. The number of hydrogen-bond acceptors (Lipinski definition) is 3. The molecule has 5 nitrogen and oxygen atoms in total. The molecule has 122 valence electrons. The number of nitrogens with zero attached hydrogens (tertiary/aromatic N) is 1. The Kier molecular flexibility index (Phi) is 5.05.